The molecule has 0 amide bonds. The molecule has 2 rings (SSSR count). The van der Waals surface area contributed by atoms with Gasteiger partial charge in [0.15, 0.2) is 0 Å². The topological polar surface area (TPSA) is 29.3 Å². The molecule has 2 unspecified atom stereocenters. The standard InChI is InChI=1S/C13H26N2/c1-11-9-15(8-7-13(11)14)10-12-5-3-2-4-6-12/h11-13H,2-10,14H2,1H3. The van der Waals surface area contributed by atoms with Crippen molar-refractivity contribution in [3.63, 3.8) is 0 Å². The fourth-order valence-electron chi connectivity index (χ4n) is 3.15. The van der Waals surface area contributed by atoms with E-state index in [9.17, 15) is 0 Å². The average molecular weight is 210 g/mol. The van der Waals surface area contributed by atoms with Crippen LogP contribution in [0.3, 0.4) is 0 Å². The highest BCUT2D eigenvalue weighted by Gasteiger charge is 2.25. The highest BCUT2D eigenvalue weighted by atomic mass is 15.1. The minimum absolute atomic E-state index is 0.451. The molecule has 1 aliphatic heterocycles. The van der Waals surface area contributed by atoms with Crippen molar-refractivity contribution < 1.29 is 0 Å². The van der Waals surface area contributed by atoms with Gasteiger partial charge in [0.05, 0.1) is 0 Å². The van der Waals surface area contributed by atoms with E-state index >= 15 is 0 Å². The Morgan fingerprint density at radius 1 is 1.13 bits per heavy atom. The Balaban J connectivity index is 1.74. The fourth-order valence-corrected chi connectivity index (χ4v) is 3.15. The Morgan fingerprint density at radius 3 is 2.53 bits per heavy atom. The van der Waals surface area contributed by atoms with Crippen molar-refractivity contribution in [2.75, 3.05) is 19.6 Å². The van der Waals surface area contributed by atoms with Gasteiger partial charge >= 0.3 is 0 Å². The summed E-state index contributed by atoms with van der Waals surface area (Å²) in [5.41, 5.74) is 6.05. The highest BCUT2D eigenvalue weighted by Crippen LogP contribution is 2.26. The molecule has 15 heavy (non-hydrogen) atoms. The Morgan fingerprint density at radius 2 is 1.87 bits per heavy atom. The third-order valence-electron chi connectivity index (χ3n) is 4.30. The lowest BCUT2D eigenvalue weighted by Gasteiger charge is -2.37. The van der Waals surface area contributed by atoms with Gasteiger partial charge in [-0.25, -0.2) is 0 Å². The van der Waals surface area contributed by atoms with Crippen LogP contribution in [0.5, 0.6) is 0 Å². The minimum Gasteiger partial charge on any atom is -0.327 e. The van der Waals surface area contributed by atoms with Crippen LogP contribution in [0.1, 0.15) is 45.4 Å². The van der Waals surface area contributed by atoms with Gasteiger partial charge in [-0.2, -0.15) is 0 Å². The Hall–Kier alpha value is -0.0800. The maximum absolute atomic E-state index is 6.05. The molecule has 2 atom stereocenters. The summed E-state index contributed by atoms with van der Waals surface area (Å²) in [7, 11) is 0. The van der Waals surface area contributed by atoms with Gasteiger partial charge in [-0.1, -0.05) is 26.2 Å². The molecule has 1 heterocycles. The van der Waals surface area contributed by atoms with E-state index in [0.29, 0.717) is 12.0 Å². The summed E-state index contributed by atoms with van der Waals surface area (Å²) in [6, 6.07) is 0.451. The SMILES string of the molecule is CC1CN(CC2CCCCC2)CCC1N. The molecule has 0 radical (unpaired) electrons. The van der Waals surface area contributed by atoms with E-state index in [1.807, 2.05) is 0 Å². The smallest absolute Gasteiger partial charge is 0.00889 e. The molecule has 1 aliphatic carbocycles. The van der Waals surface area contributed by atoms with E-state index in [-0.39, 0.29) is 0 Å². The van der Waals surface area contributed by atoms with E-state index in [2.05, 4.69) is 11.8 Å². The van der Waals surface area contributed by atoms with Gasteiger partial charge < -0.3 is 10.6 Å². The molecule has 1 saturated heterocycles. The number of hydrogen-bond donors (Lipinski definition) is 1. The minimum atomic E-state index is 0.451. The molecule has 0 bridgehead atoms. The number of rotatable bonds is 2. The molecule has 88 valence electrons. The van der Waals surface area contributed by atoms with Crippen molar-refractivity contribution in [2.45, 2.75) is 51.5 Å². The lowest BCUT2D eigenvalue weighted by Crippen LogP contribution is -2.47. The molecule has 2 aliphatic rings. The molecule has 2 fully saturated rings. The van der Waals surface area contributed by atoms with Crippen LogP contribution in [-0.4, -0.2) is 30.6 Å². The van der Waals surface area contributed by atoms with Gasteiger partial charge in [-0.05, 0) is 37.6 Å². The van der Waals surface area contributed by atoms with Gasteiger partial charge in [0.1, 0.15) is 0 Å². The highest BCUT2D eigenvalue weighted by molar-refractivity contribution is 4.81. The summed E-state index contributed by atoms with van der Waals surface area (Å²) in [5.74, 6) is 1.68. The summed E-state index contributed by atoms with van der Waals surface area (Å²) in [6.45, 7) is 6.12. The summed E-state index contributed by atoms with van der Waals surface area (Å²) in [4.78, 5) is 2.66. The van der Waals surface area contributed by atoms with Gasteiger partial charge in [-0.15, -0.1) is 0 Å². The zero-order chi connectivity index (χ0) is 10.7. The largest absolute Gasteiger partial charge is 0.327 e. The number of nitrogens with zero attached hydrogens (tertiary/aromatic N) is 1. The molecular formula is C13H26N2. The molecule has 2 nitrogen and oxygen atoms in total. The second kappa shape index (κ2) is 5.31. The molecule has 0 aromatic carbocycles. The predicted molar refractivity (Wildman–Crippen MR) is 64.8 cm³/mol. The molecule has 2 N–H and O–H groups in total. The van der Waals surface area contributed by atoms with Crippen molar-refractivity contribution >= 4 is 0 Å². The van der Waals surface area contributed by atoms with E-state index in [0.717, 1.165) is 5.92 Å². The second-order valence-corrected chi connectivity index (χ2v) is 5.69. The van der Waals surface area contributed by atoms with Crippen LogP contribution in [0.4, 0.5) is 0 Å². The summed E-state index contributed by atoms with van der Waals surface area (Å²) in [5, 5.41) is 0. The molecule has 0 spiro atoms. The number of likely N-dealkylation sites (tertiary alicyclic amines) is 1. The molecule has 0 aromatic rings. The van der Waals surface area contributed by atoms with Gasteiger partial charge in [0.2, 0.25) is 0 Å². The van der Waals surface area contributed by atoms with E-state index in [4.69, 9.17) is 5.73 Å². The first-order chi connectivity index (χ1) is 7.25. The molecule has 1 saturated carbocycles. The average Bonchev–Trinajstić information content (AvgIpc) is 2.25. The predicted octanol–water partition coefficient (Wildman–Crippen LogP) is 2.24. The monoisotopic (exact) mass is 210 g/mol. The first kappa shape index (κ1) is 11.4. The van der Waals surface area contributed by atoms with E-state index < -0.39 is 0 Å². The van der Waals surface area contributed by atoms with Gasteiger partial charge in [-0.3, -0.25) is 0 Å². The lowest BCUT2D eigenvalue weighted by atomic mass is 9.87. The van der Waals surface area contributed by atoms with Crippen molar-refractivity contribution in [1.82, 2.24) is 4.90 Å². The maximum atomic E-state index is 6.05. The third kappa shape index (κ3) is 3.18. The number of piperidine rings is 1. The van der Waals surface area contributed by atoms with Gasteiger partial charge in [0, 0.05) is 19.1 Å². The number of nitrogens with two attached hydrogens (primary N) is 1. The third-order valence-corrected chi connectivity index (χ3v) is 4.30. The van der Waals surface area contributed by atoms with Crippen LogP contribution in [0, 0.1) is 11.8 Å². The van der Waals surface area contributed by atoms with Crippen LogP contribution < -0.4 is 5.73 Å². The Kier molecular flexibility index (Phi) is 4.04. The Bertz CT molecular complexity index is 187. The van der Waals surface area contributed by atoms with Crippen LogP contribution in [0.25, 0.3) is 0 Å². The fraction of sp³-hybridized carbons (Fsp3) is 1.00. The summed E-state index contributed by atoms with van der Waals surface area (Å²) in [6.07, 6.45) is 8.54. The van der Waals surface area contributed by atoms with Crippen molar-refractivity contribution in [3.05, 3.63) is 0 Å². The van der Waals surface area contributed by atoms with Crippen molar-refractivity contribution in [2.24, 2.45) is 17.6 Å². The lowest BCUT2D eigenvalue weighted by molar-refractivity contribution is 0.131. The van der Waals surface area contributed by atoms with Crippen LogP contribution >= 0.6 is 0 Å². The molecule has 2 heteroatoms. The van der Waals surface area contributed by atoms with Gasteiger partial charge in [0.25, 0.3) is 0 Å². The first-order valence-electron chi connectivity index (χ1n) is 6.73. The normalized spacial score (nSPS) is 35.6. The molecule has 0 aromatic heterocycles. The summed E-state index contributed by atoms with van der Waals surface area (Å²) >= 11 is 0. The van der Waals surface area contributed by atoms with Crippen molar-refractivity contribution in [3.8, 4) is 0 Å². The van der Waals surface area contributed by atoms with Crippen LogP contribution in [0.15, 0.2) is 0 Å². The zero-order valence-electron chi connectivity index (χ0n) is 10.1. The van der Waals surface area contributed by atoms with Crippen molar-refractivity contribution in [1.29, 1.82) is 0 Å². The first-order valence-corrected chi connectivity index (χ1v) is 6.73. The Labute approximate surface area is 94.2 Å². The maximum Gasteiger partial charge on any atom is 0.00889 e. The number of hydrogen-bond acceptors (Lipinski definition) is 2. The summed E-state index contributed by atoms with van der Waals surface area (Å²) < 4.78 is 0. The van der Waals surface area contributed by atoms with E-state index in [1.54, 1.807) is 0 Å². The van der Waals surface area contributed by atoms with Crippen LogP contribution in [0.2, 0.25) is 0 Å². The van der Waals surface area contributed by atoms with Crippen LogP contribution in [-0.2, 0) is 0 Å². The zero-order valence-corrected chi connectivity index (χ0v) is 10.1. The van der Waals surface area contributed by atoms with E-state index in [1.165, 1.54) is 58.2 Å². The molecular weight excluding hydrogens is 184 g/mol. The quantitative estimate of drug-likeness (QED) is 0.757. The second-order valence-electron chi connectivity index (χ2n) is 5.69.